The van der Waals surface area contributed by atoms with Gasteiger partial charge in [0.1, 0.15) is 16.9 Å². The van der Waals surface area contributed by atoms with E-state index < -0.39 is 17.2 Å². The highest BCUT2D eigenvalue weighted by Crippen LogP contribution is 2.25. The zero-order chi connectivity index (χ0) is 21.1. The lowest BCUT2D eigenvalue weighted by Gasteiger charge is -2.14. The van der Waals surface area contributed by atoms with Crippen molar-refractivity contribution in [3.8, 4) is 5.75 Å². The monoisotopic (exact) mass is 399 g/mol. The van der Waals surface area contributed by atoms with Gasteiger partial charge in [-0.1, -0.05) is 19.1 Å². The molecular weight excluding hydrogens is 377 g/mol. The fourth-order valence-electron chi connectivity index (χ4n) is 2.99. The number of benzene rings is 1. The molecule has 3 aromatic rings. The zero-order valence-corrected chi connectivity index (χ0v) is 16.1. The van der Waals surface area contributed by atoms with Crippen LogP contribution >= 0.6 is 0 Å². The minimum Gasteiger partial charge on any atom is -0.505 e. The summed E-state index contributed by atoms with van der Waals surface area (Å²) < 4.78 is 14.3. The highest BCUT2D eigenvalue weighted by atomic mass is 19.1. The van der Waals surface area contributed by atoms with E-state index in [9.17, 15) is 19.1 Å². The highest BCUT2D eigenvalue weighted by Gasteiger charge is 2.22. The molecule has 8 heteroatoms. The van der Waals surface area contributed by atoms with Gasteiger partial charge in [0.25, 0.3) is 11.5 Å². The van der Waals surface area contributed by atoms with Crippen LogP contribution in [0.5, 0.6) is 5.75 Å². The predicted octanol–water partition coefficient (Wildman–Crippen LogP) is 1.73. The Labute approximate surface area is 166 Å². The third kappa shape index (κ3) is 4.27. The highest BCUT2D eigenvalue weighted by molar-refractivity contribution is 6.01. The van der Waals surface area contributed by atoms with E-state index in [1.54, 1.807) is 31.3 Å². The van der Waals surface area contributed by atoms with Crippen LogP contribution in [0.2, 0.25) is 0 Å². The van der Waals surface area contributed by atoms with Gasteiger partial charge >= 0.3 is 0 Å². The van der Waals surface area contributed by atoms with Crippen molar-refractivity contribution >= 4 is 16.9 Å². The molecule has 0 spiro atoms. The van der Waals surface area contributed by atoms with Crippen molar-refractivity contribution in [1.82, 2.24) is 14.9 Å². The van der Waals surface area contributed by atoms with Gasteiger partial charge in [-0.3, -0.25) is 14.6 Å². The molecule has 0 aliphatic rings. The SMILES string of the molecule is C[C@@H](CO)CNC(=O)c1c(O)c2ncc(Cc3ccc(F)cc3)cc2n(C)c1=O. The van der Waals surface area contributed by atoms with Crippen LogP contribution in [0.3, 0.4) is 0 Å². The lowest BCUT2D eigenvalue weighted by atomic mass is 10.1. The lowest BCUT2D eigenvalue weighted by molar-refractivity contribution is 0.0938. The molecule has 7 nitrogen and oxygen atoms in total. The van der Waals surface area contributed by atoms with E-state index in [4.69, 9.17) is 5.11 Å². The molecule has 152 valence electrons. The van der Waals surface area contributed by atoms with Gasteiger partial charge in [-0.2, -0.15) is 0 Å². The van der Waals surface area contributed by atoms with Gasteiger partial charge in [-0.25, -0.2) is 4.39 Å². The van der Waals surface area contributed by atoms with Crippen LogP contribution in [-0.4, -0.2) is 38.8 Å². The topological polar surface area (TPSA) is 104 Å². The molecule has 0 fully saturated rings. The van der Waals surface area contributed by atoms with Crippen molar-refractivity contribution in [1.29, 1.82) is 0 Å². The fraction of sp³-hybridized carbons (Fsp3) is 0.286. The summed E-state index contributed by atoms with van der Waals surface area (Å²) in [5.74, 6) is -1.71. The first-order chi connectivity index (χ1) is 13.8. The Morgan fingerprint density at radius 3 is 2.62 bits per heavy atom. The molecule has 0 unspecified atom stereocenters. The summed E-state index contributed by atoms with van der Waals surface area (Å²) >= 11 is 0. The van der Waals surface area contributed by atoms with Crippen LogP contribution in [0.1, 0.15) is 28.4 Å². The maximum absolute atomic E-state index is 13.1. The molecule has 1 aromatic carbocycles. The molecule has 1 atom stereocenters. The number of nitrogens with zero attached hydrogens (tertiary/aromatic N) is 2. The molecule has 3 N–H and O–H groups in total. The summed E-state index contributed by atoms with van der Waals surface area (Å²) in [7, 11) is 1.50. The number of aliphatic hydroxyl groups excluding tert-OH is 1. The minimum absolute atomic E-state index is 0.111. The summed E-state index contributed by atoms with van der Waals surface area (Å²) in [5, 5.41) is 22.1. The third-order valence-electron chi connectivity index (χ3n) is 4.74. The Kier molecular flexibility index (Phi) is 5.93. The van der Waals surface area contributed by atoms with Gasteiger partial charge in [0.2, 0.25) is 0 Å². The Hall–Kier alpha value is -3.26. The second-order valence-electron chi connectivity index (χ2n) is 7.10. The van der Waals surface area contributed by atoms with Gasteiger partial charge in [-0.05, 0) is 41.7 Å². The van der Waals surface area contributed by atoms with Gasteiger partial charge < -0.3 is 20.1 Å². The maximum Gasteiger partial charge on any atom is 0.267 e. The fourth-order valence-corrected chi connectivity index (χ4v) is 2.99. The first-order valence-electron chi connectivity index (χ1n) is 9.16. The average molecular weight is 399 g/mol. The Bertz CT molecular complexity index is 1110. The summed E-state index contributed by atoms with van der Waals surface area (Å²) in [4.78, 5) is 29.4. The van der Waals surface area contributed by atoms with Crippen molar-refractivity contribution in [2.24, 2.45) is 13.0 Å². The minimum atomic E-state index is -0.720. The van der Waals surface area contributed by atoms with Crippen molar-refractivity contribution in [2.75, 3.05) is 13.2 Å². The van der Waals surface area contributed by atoms with E-state index >= 15 is 0 Å². The number of aromatic nitrogens is 2. The number of rotatable bonds is 6. The smallest absolute Gasteiger partial charge is 0.267 e. The number of aliphatic hydroxyl groups is 1. The Balaban J connectivity index is 1.98. The number of carbonyl (C=O) groups excluding carboxylic acids is 1. The number of nitrogens with one attached hydrogen (secondary N) is 1. The summed E-state index contributed by atoms with van der Waals surface area (Å²) in [6.07, 6.45) is 2.02. The first-order valence-corrected chi connectivity index (χ1v) is 9.16. The zero-order valence-electron chi connectivity index (χ0n) is 16.1. The number of aromatic hydroxyl groups is 1. The quantitative estimate of drug-likeness (QED) is 0.586. The Morgan fingerprint density at radius 1 is 1.28 bits per heavy atom. The summed E-state index contributed by atoms with van der Waals surface area (Å²) in [6, 6.07) is 7.78. The van der Waals surface area contributed by atoms with Crippen molar-refractivity contribution in [2.45, 2.75) is 13.3 Å². The number of carbonyl (C=O) groups is 1. The van der Waals surface area contributed by atoms with E-state index in [0.29, 0.717) is 11.9 Å². The van der Waals surface area contributed by atoms with Crippen molar-refractivity contribution < 1.29 is 19.4 Å². The molecule has 0 saturated carbocycles. The van der Waals surface area contributed by atoms with Crippen LogP contribution in [0.4, 0.5) is 4.39 Å². The predicted molar refractivity (Wildman–Crippen MR) is 106 cm³/mol. The number of hydrogen-bond acceptors (Lipinski definition) is 5. The molecule has 2 heterocycles. The van der Waals surface area contributed by atoms with E-state index in [1.165, 1.54) is 23.7 Å². The summed E-state index contributed by atoms with van der Waals surface area (Å²) in [6.45, 7) is 1.79. The van der Waals surface area contributed by atoms with Crippen molar-refractivity contribution in [3.63, 3.8) is 0 Å². The Morgan fingerprint density at radius 2 is 1.97 bits per heavy atom. The van der Waals surface area contributed by atoms with E-state index in [-0.39, 0.29) is 36.0 Å². The van der Waals surface area contributed by atoms with Gasteiger partial charge in [0.05, 0.1) is 5.52 Å². The van der Waals surface area contributed by atoms with Gasteiger partial charge in [0, 0.05) is 26.4 Å². The molecule has 0 bridgehead atoms. The van der Waals surface area contributed by atoms with Crippen LogP contribution in [0.25, 0.3) is 11.0 Å². The van der Waals surface area contributed by atoms with E-state index in [2.05, 4.69) is 10.3 Å². The number of halogens is 1. The van der Waals surface area contributed by atoms with Gasteiger partial charge in [-0.15, -0.1) is 0 Å². The standard InChI is InChI=1S/C21H22FN3O4/c1-12(11-26)9-24-20(28)17-19(27)18-16(25(2)21(17)29)8-14(10-23-18)7-13-3-5-15(22)6-4-13/h3-6,8,10,12,26-27H,7,9,11H2,1-2H3,(H,24,28)/t12-/m1/s1. The van der Waals surface area contributed by atoms with Crippen LogP contribution in [-0.2, 0) is 13.5 Å². The average Bonchev–Trinajstić information content (AvgIpc) is 2.72. The number of amides is 1. The van der Waals surface area contributed by atoms with Crippen LogP contribution in [0.15, 0.2) is 41.3 Å². The third-order valence-corrected chi connectivity index (χ3v) is 4.74. The second-order valence-corrected chi connectivity index (χ2v) is 7.10. The molecule has 0 saturated heterocycles. The molecule has 3 rings (SSSR count). The summed E-state index contributed by atoms with van der Waals surface area (Å²) in [5.41, 5.74) is 1.12. The van der Waals surface area contributed by atoms with Crippen LogP contribution < -0.4 is 10.9 Å². The number of pyridine rings is 2. The second kappa shape index (κ2) is 8.40. The van der Waals surface area contributed by atoms with E-state index in [1.807, 2.05) is 0 Å². The number of hydrogen-bond donors (Lipinski definition) is 3. The van der Waals surface area contributed by atoms with Crippen LogP contribution in [0, 0.1) is 11.7 Å². The number of fused-ring (bicyclic) bond motifs is 1. The largest absolute Gasteiger partial charge is 0.505 e. The normalized spacial score (nSPS) is 12.1. The molecule has 0 aliphatic carbocycles. The van der Waals surface area contributed by atoms with E-state index in [0.717, 1.165) is 11.1 Å². The lowest BCUT2D eigenvalue weighted by Crippen LogP contribution is -2.35. The van der Waals surface area contributed by atoms with Crippen molar-refractivity contribution in [3.05, 3.63) is 69.4 Å². The van der Waals surface area contributed by atoms with Gasteiger partial charge in [0.15, 0.2) is 5.75 Å². The number of aryl methyl sites for hydroxylation is 1. The molecule has 1 amide bonds. The molecule has 0 aliphatic heterocycles. The molecule has 29 heavy (non-hydrogen) atoms. The molecular formula is C21H22FN3O4. The first kappa shape index (κ1) is 20.5. The maximum atomic E-state index is 13.1. The molecule has 2 aromatic heterocycles. The molecule has 0 radical (unpaired) electrons.